The summed E-state index contributed by atoms with van der Waals surface area (Å²) in [6, 6.07) is 10.2. The first-order valence-corrected chi connectivity index (χ1v) is 9.47. The Morgan fingerprint density at radius 2 is 1.71 bits per heavy atom. The van der Waals surface area contributed by atoms with Gasteiger partial charge in [-0.05, 0) is 50.4 Å². The largest absolute Gasteiger partial charge is 0.494 e. The Labute approximate surface area is 165 Å². The highest BCUT2D eigenvalue weighted by Crippen LogP contribution is 2.36. The van der Waals surface area contributed by atoms with Crippen molar-refractivity contribution in [1.82, 2.24) is 15.0 Å². The van der Waals surface area contributed by atoms with Crippen molar-refractivity contribution in [1.29, 1.82) is 0 Å². The van der Waals surface area contributed by atoms with Crippen LogP contribution in [0.5, 0.6) is 0 Å². The second-order valence-electron chi connectivity index (χ2n) is 8.21. The number of imidazole rings is 1. The molecule has 2 aromatic heterocycles. The van der Waals surface area contributed by atoms with E-state index < -0.39 is 0 Å². The van der Waals surface area contributed by atoms with Crippen molar-refractivity contribution >= 4 is 12.6 Å². The maximum atomic E-state index is 6.12. The molecule has 0 aliphatic carbocycles. The van der Waals surface area contributed by atoms with Gasteiger partial charge in [0.25, 0.3) is 0 Å². The lowest BCUT2D eigenvalue weighted by Crippen LogP contribution is -2.41. The highest BCUT2D eigenvalue weighted by Gasteiger charge is 2.51. The van der Waals surface area contributed by atoms with E-state index in [1.165, 1.54) is 0 Å². The molecule has 28 heavy (non-hydrogen) atoms. The van der Waals surface area contributed by atoms with Crippen LogP contribution in [0.4, 0.5) is 0 Å². The Bertz CT molecular complexity index is 943. The lowest BCUT2D eigenvalue weighted by molar-refractivity contribution is 0.00578. The molecule has 1 aromatic carbocycles. The van der Waals surface area contributed by atoms with Crippen LogP contribution in [0.1, 0.15) is 33.3 Å². The van der Waals surface area contributed by atoms with E-state index in [2.05, 4.69) is 54.8 Å². The number of benzene rings is 1. The fraction of sp³-hybridized carbons (Fsp3) is 0.381. The van der Waals surface area contributed by atoms with E-state index >= 15 is 0 Å². The van der Waals surface area contributed by atoms with Gasteiger partial charge in [0.1, 0.15) is 0 Å². The van der Waals surface area contributed by atoms with Crippen molar-refractivity contribution in [3.63, 3.8) is 0 Å². The van der Waals surface area contributed by atoms with Crippen LogP contribution in [0.25, 0.3) is 22.8 Å². The predicted molar refractivity (Wildman–Crippen MR) is 110 cm³/mol. The first kappa shape index (κ1) is 19.0. The second kappa shape index (κ2) is 6.92. The zero-order valence-electron chi connectivity index (χ0n) is 17.0. The molecule has 1 saturated heterocycles. The first-order chi connectivity index (χ1) is 13.3. The molecule has 3 heterocycles. The van der Waals surface area contributed by atoms with E-state index in [-0.39, 0.29) is 18.3 Å². The summed E-state index contributed by atoms with van der Waals surface area (Å²) in [6.45, 7) is 8.82. The van der Waals surface area contributed by atoms with Gasteiger partial charge in [0.15, 0.2) is 5.82 Å². The minimum Gasteiger partial charge on any atom is -0.399 e. The van der Waals surface area contributed by atoms with Gasteiger partial charge in [-0.1, -0.05) is 24.3 Å². The number of aromatic nitrogens is 3. The van der Waals surface area contributed by atoms with Crippen molar-refractivity contribution in [2.75, 3.05) is 7.11 Å². The molecule has 3 aromatic rings. The number of H-pyrrole nitrogens is 2. The molecule has 7 heteroatoms. The summed E-state index contributed by atoms with van der Waals surface area (Å²) < 4.78 is 17.4. The summed E-state index contributed by atoms with van der Waals surface area (Å²) in [5, 5.41) is 0. The van der Waals surface area contributed by atoms with Crippen molar-refractivity contribution in [2.45, 2.75) is 45.5 Å². The molecule has 0 spiro atoms. The van der Waals surface area contributed by atoms with E-state index in [1.807, 2.05) is 30.6 Å². The zero-order valence-corrected chi connectivity index (χ0v) is 17.0. The molecule has 1 aliphatic heterocycles. The van der Waals surface area contributed by atoms with Crippen LogP contribution in [0.2, 0.25) is 0 Å². The van der Waals surface area contributed by atoms with Gasteiger partial charge in [-0.2, -0.15) is 0 Å². The van der Waals surface area contributed by atoms with Gasteiger partial charge in [-0.25, -0.2) is 4.98 Å². The van der Waals surface area contributed by atoms with Crippen molar-refractivity contribution in [3.8, 4) is 22.8 Å². The van der Waals surface area contributed by atoms with Crippen LogP contribution < -0.4 is 5.46 Å². The highest BCUT2D eigenvalue weighted by atomic mass is 16.7. The molecular formula is C21H26BN3O3. The minimum absolute atomic E-state index is 0.341. The Morgan fingerprint density at radius 1 is 1.04 bits per heavy atom. The van der Waals surface area contributed by atoms with Crippen LogP contribution >= 0.6 is 0 Å². The summed E-state index contributed by atoms with van der Waals surface area (Å²) in [5.74, 6) is 0.799. The number of aromatic amines is 2. The normalized spacial score (nSPS) is 18.0. The van der Waals surface area contributed by atoms with Gasteiger partial charge >= 0.3 is 7.12 Å². The molecule has 0 atom stereocenters. The van der Waals surface area contributed by atoms with E-state index in [1.54, 1.807) is 7.11 Å². The van der Waals surface area contributed by atoms with Crippen molar-refractivity contribution in [3.05, 3.63) is 48.3 Å². The quantitative estimate of drug-likeness (QED) is 0.666. The lowest BCUT2D eigenvalue weighted by Gasteiger charge is -2.32. The molecule has 1 aliphatic rings. The standard InChI is InChI=1S/C21H26BN3O3/c1-20(2)21(3,4)28-22(27-20)16-8-6-15(7-9-16)18-12-24-19(25-18)17-10-14(11-23-17)13-26-5/h6-12,23H,13H2,1-5H3,(H,24,25). The summed E-state index contributed by atoms with van der Waals surface area (Å²) >= 11 is 0. The predicted octanol–water partition coefficient (Wildman–Crippen LogP) is 3.52. The third kappa shape index (κ3) is 3.41. The second-order valence-corrected chi connectivity index (χ2v) is 8.21. The maximum Gasteiger partial charge on any atom is 0.494 e. The Hall–Kier alpha value is -2.35. The van der Waals surface area contributed by atoms with E-state index in [9.17, 15) is 0 Å². The molecule has 0 unspecified atom stereocenters. The Kier molecular flexibility index (Phi) is 4.69. The summed E-state index contributed by atoms with van der Waals surface area (Å²) in [6.07, 6.45) is 3.77. The van der Waals surface area contributed by atoms with E-state index in [4.69, 9.17) is 14.0 Å². The number of nitrogens with one attached hydrogen (secondary N) is 2. The van der Waals surface area contributed by atoms with Crippen LogP contribution in [-0.2, 0) is 20.7 Å². The van der Waals surface area contributed by atoms with Gasteiger partial charge in [0.2, 0.25) is 0 Å². The monoisotopic (exact) mass is 379 g/mol. The molecule has 4 rings (SSSR count). The third-order valence-electron chi connectivity index (χ3n) is 5.63. The number of hydrogen-bond donors (Lipinski definition) is 2. The smallest absolute Gasteiger partial charge is 0.399 e. The van der Waals surface area contributed by atoms with Gasteiger partial charge in [-0.3, -0.25) is 0 Å². The van der Waals surface area contributed by atoms with Crippen LogP contribution in [-0.4, -0.2) is 40.4 Å². The van der Waals surface area contributed by atoms with Crippen molar-refractivity contribution < 1.29 is 14.0 Å². The SMILES string of the molecule is COCc1c[nH]c(-c2ncc(-c3ccc(B4OC(C)(C)C(C)(C)O4)cc3)[nH]2)c1. The summed E-state index contributed by atoms with van der Waals surface area (Å²) in [7, 11) is 1.33. The highest BCUT2D eigenvalue weighted by molar-refractivity contribution is 6.62. The molecule has 1 fully saturated rings. The summed E-state index contributed by atoms with van der Waals surface area (Å²) in [4.78, 5) is 11.1. The molecule has 6 nitrogen and oxygen atoms in total. The maximum absolute atomic E-state index is 6.12. The molecule has 0 amide bonds. The van der Waals surface area contributed by atoms with Crippen molar-refractivity contribution in [2.24, 2.45) is 0 Å². The van der Waals surface area contributed by atoms with Gasteiger partial charge in [-0.15, -0.1) is 0 Å². The van der Waals surface area contributed by atoms with Gasteiger partial charge < -0.3 is 24.0 Å². The van der Waals surface area contributed by atoms with Gasteiger partial charge in [0, 0.05) is 13.3 Å². The molecule has 2 N–H and O–H groups in total. The number of ether oxygens (including phenoxy) is 1. The van der Waals surface area contributed by atoms with E-state index in [0.717, 1.165) is 33.8 Å². The van der Waals surface area contributed by atoms with Crippen LogP contribution in [0.15, 0.2) is 42.7 Å². The molecular weight excluding hydrogens is 353 g/mol. The van der Waals surface area contributed by atoms with Crippen LogP contribution in [0, 0.1) is 0 Å². The number of nitrogens with zero attached hydrogens (tertiary/aromatic N) is 1. The molecule has 0 saturated carbocycles. The number of methoxy groups -OCH3 is 1. The Morgan fingerprint density at radius 3 is 2.36 bits per heavy atom. The average Bonchev–Trinajstić information content (AvgIpc) is 3.34. The first-order valence-electron chi connectivity index (χ1n) is 9.47. The molecule has 0 radical (unpaired) electrons. The van der Waals surface area contributed by atoms with Crippen LogP contribution in [0.3, 0.4) is 0 Å². The average molecular weight is 379 g/mol. The lowest BCUT2D eigenvalue weighted by atomic mass is 9.79. The zero-order chi connectivity index (χ0) is 19.9. The topological polar surface area (TPSA) is 72.2 Å². The third-order valence-corrected chi connectivity index (χ3v) is 5.63. The molecule has 0 bridgehead atoms. The van der Waals surface area contributed by atoms with E-state index in [0.29, 0.717) is 6.61 Å². The minimum atomic E-state index is -0.352. The molecule has 146 valence electrons. The summed E-state index contributed by atoms with van der Waals surface area (Å²) in [5.41, 5.74) is 4.37. The fourth-order valence-corrected chi connectivity index (χ4v) is 3.23. The Balaban J connectivity index is 1.51. The van der Waals surface area contributed by atoms with Gasteiger partial charge in [0.05, 0.1) is 35.4 Å². The number of hydrogen-bond acceptors (Lipinski definition) is 4. The fourth-order valence-electron chi connectivity index (χ4n) is 3.23. The number of rotatable bonds is 5.